The van der Waals surface area contributed by atoms with E-state index in [1.165, 1.54) is 26.2 Å². The molecule has 0 bridgehead atoms. The number of halogens is 3. The number of carbonyl (C=O) groups excluding carboxylic acids is 1. The first kappa shape index (κ1) is 16.1. The number of hydrogen-bond donors (Lipinski definition) is 0. The van der Waals surface area contributed by atoms with Crippen LogP contribution in [0, 0.1) is 0 Å². The first-order chi connectivity index (χ1) is 9.36. The lowest BCUT2D eigenvalue weighted by molar-refractivity contribution is -0.138. The van der Waals surface area contributed by atoms with Crippen molar-refractivity contribution in [2.75, 3.05) is 13.7 Å². The van der Waals surface area contributed by atoms with E-state index in [0.29, 0.717) is 17.4 Å². The summed E-state index contributed by atoms with van der Waals surface area (Å²) >= 11 is 0. The molecule has 0 aliphatic carbocycles. The minimum atomic E-state index is -4.58. The molecule has 0 saturated carbocycles. The summed E-state index contributed by atoms with van der Waals surface area (Å²) in [5.41, 5.74) is -0.514. The number of benzene rings is 1. The normalized spacial score (nSPS) is 12.2. The summed E-state index contributed by atoms with van der Waals surface area (Å²) in [6, 6.07) is 6.16. The highest BCUT2D eigenvalue weighted by Gasteiger charge is 2.34. The van der Waals surface area contributed by atoms with E-state index < -0.39 is 24.1 Å². The van der Waals surface area contributed by atoms with Crippen LogP contribution in [-0.4, -0.2) is 25.9 Å². The van der Waals surface area contributed by atoms with Gasteiger partial charge in [0.15, 0.2) is 0 Å². The summed E-state index contributed by atoms with van der Waals surface area (Å²) in [5, 5.41) is 0. The Balaban J connectivity index is 2.92. The molecule has 20 heavy (non-hydrogen) atoms. The van der Waals surface area contributed by atoms with Crippen LogP contribution in [0.15, 0.2) is 35.9 Å². The van der Waals surface area contributed by atoms with Gasteiger partial charge in [-0.1, -0.05) is 12.1 Å². The van der Waals surface area contributed by atoms with E-state index in [2.05, 4.69) is 4.74 Å². The predicted octanol–water partition coefficient (Wildman–Crippen LogP) is 3.29. The fourth-order valence-corrected chi connectivity index (χ4v) is 1.52. The van der Waals surface area contributed by atoms with Crippen LogP contribution in [0.5, 0.6) is 5.75 Å². The third-order valence-electron chi connectivity index (χ3n) is 2.50. The maximum atomic E-state index is 12.9. The van der Waals surface area contributed by atoms with Crippen molar-refractivity contribution < 1.29 is 27.4 Å². The lowest BCUT2D eigenvalue weighted by atomic mass is 10.0. The van der Waals surface area contributed by atoms with E-state index in [-0.39, 0.29) is 6.61 Å². The van der Waals surface area contributed by atoms with Gasteiger partial charge in [0, 0.05) is 18.1 Å². The van der Waals surface area contributed by atoms with Crippen molar-refractivity contribution in [2.45, 2.75) is 19.5 Å². The van der Waals surface area contributed by atoms with Crippen LogP contribution in [-0.2, 0) is 16.0 Å². The SMILES string of the molecule is CCOC(=O)/C=C(/Cc1ccc(OC)cc1)C(F)(F)F. The third-order valence-corrected chi connectivity index (χ3v) is 2.50. The van der Waals surface area contributed by atoms with Crippen molar-refractivity contribution >= 4 is 5.97 Å². The van der Waals surface area contributed by atoms with Crippen molar-refractivity contribution in [3.63, 3.8) is 0 Å². The molecule has 110 valence electrons. The molecule has 0 aromatic heterocycles. The van der Waals surface area contributed by atoms with Gasteiger partial charge in [-0.25, -0.2) is 4.79 Å². The summed E-state index contributed by atoms with van der Waals surface area (Å²) in [7, 11) is 1.47. The van der Waals surface area contributed by atoms with Crippen molar-refractivity contribution in [2.24, 2.45) is 0 Å². The van der Waals surface area contributed by atoms with Crippen LogP contribution in [0.2, 0.25) is 0 Å². The van der Waals surface area contributed by atoms with Crippen molar-refractivity contribution in [3.8, 4) is 5.75 Å². The standard InChI is InChI=1S/C14H15F3O3/c1-3-20-13(18)9-11(14(15,16)17)8-10-4-6-12(19-2)7-5-10/h4-7,9H,3,8H2,1-2H3/b11-9-. The Kier molecular flexibility index (Phi) is 5.61. The molecule has 0 amide bonds. The maximum absolute atomic E-state index is 12.9. The van der Waals surface area contributed by atoms with E-state index in [1.54, 1.807) is 12.1 Å². The largest absolute Gasteiger partial charge is 0.497 e. The average Bonchev–Trinajstić information content (AvgIpc) is 2.38. The monoisotopic (exact) mass is 288 g/mol. The fraction of sp³-hybridized carbons (Fsp3) is 0.357. The number of hydrogen-bond acceptors (Lipinski definition) is 3. The van der Waals surface area contributed by atoms with Gasteiger partial charge in [0.2, 0.25) is 0 Å². The quantitative estimate of drug-likeness (QED) is 0.616. The Morgan fingerprint density at radius 2 is 1.85 bits per heavy atom. The van der Waals surface area contributed by atoms with Crippen LogP contribution >= 0.6 is 0 Å². The summed E-state index contributed by atoms with van der Waals surface area (Å²) in [5.74, 6) is -0.440. The van der Waals surface area contributed by atoms with Gasteiger partial charge in [0.05, 0.1) is 13.7 Å². The van der Waals surface area contributed by atoms with E-state index >= 15 is 0 Å². The molecule has 0 unspecified atom stereocenters. The summed E-state index contributed by atoms with van der Waals surface area (Å²) in [4.78, 5) is 11.2. The molecule has 0 N–H and O–H groups in total. The number of rotatable bonds is 5. The molecule has 0 radical (unpaired) electrons. The first-order valence-corrected chi connectivity index (χ1v) is 5.94. The Morgan fingerprint density at radius 1 is 1.25 bits per heavy atom. The lowest BCUT2D eigenvalue weighted by Gasteiger charge is -2.12. The van der Waals surface area contributed by atoms with E-state index in [1.807, 2.05) is 0 Å². The van der Waals surface area contributed by atoms with Crippen LogP contribution in [0.1, 0.15) is 12.5 Å². The van der Waals surface area contributed by atoms with Crippen LogP contribution in [0.3, 0.4) is 0 Å². The highest BCUT2D eigenvalue weighted by atomic mass is 19.4. The van der Waals surface area contributed by atoms with Gasteiger partial charge in [-0.15, -0.1) is 0 Å². The number of ether oxygens (including phenoxy) is 2. The Labute approximate surface area is 115 Å². The molecule has 0 aliphatic heterocycles. The van der Waals surface area contributed by atoms with Crippen LogP contribution < -0.4 is 4.74 Å². The molecule has 1 aromatic carbocycles. The summed E-state index contributed by atoms with van der Waals surface area (Å²) in [6.45, 7) is 1.56. The van der Waals surface area contributed by atoms with Gasteiger partial charge in [-0.3, -0.25) is 0 Å². The van der Waals surface area contributed by atoms with Gasteiger partial charge < -0.3 is 9.47 Å². The molecule has 0 spiro atoms. The number of methoxy groups -OCH3 is 1. The fourth-order valence-electron chi connectivity index (χ4n) is 1.52. The summed E-state index contributed by atoms with van der Waals surface area (Å²) in [6.07, 6.45) is -4.48. The number of esters is 1. The zero-order valence-corrected chi connectivity index (χ0v) is 11.2. The van der Waals surface area contributed by atoms with Crippen molar-refractivity contribution in [1.82, 2.24) is 0 Å². The topological polar surface area (TPSA) is 35.5 Å². The molecule has 0 heterocycles. The van der Waals surface area contributed by atoms with Gasteiger partial charge in [-0.2, -0.15) is 13.2 Å². The van der Waals surface area contributed by atoms with Gasteiger partial charge in [-0.05, 0) is 24.6 Å². The number of carbonyl (C=O) groups is 1. The first-order valence-electron chi connectivity index (χ1n) is 5.94. The zero-order chi connectivity index (χ0) is 15.2. The molecule has 1 aromatic rings. The Bertz CT molecular complexity index is 475. The van der Waals surface area contributed by atoms with Crippen molar-refractivity contribution in [3.05, 3.63) is 41.5 Å². The predicted molar refractivity (Wildman–Crippen MR) is 67.5 cm³/mol. The van der Waals surface area contributed by atoms with Gasteiger partial charge in [0.25, 0.3) is 0 Å². The molecule has 1 rings (SSSR count). The molecule has 6 heteroatoms. The molecule has 3 nitrogen and oxygen atoms in total. The minimum absolute atomic E-state index is 0.0308. The zero-order valence-electron chi connectivity index (χ0n) is 11.2. The molecular weight excluding hydrogens is 273 g/mol. The highest BCUT2D eigenvalue weighted by Crippen LogP contribution is 2.29. The minimum Gasteiger partial charge on any atom is -0.497 e. The lowest BCUT2D eigenvalue weighted by Crippen LogP contribution is -2.16. The Morgan fingerprint density at radius 3 is 2.30 bits per heavy atom. The highest BCUT2D eigenvalue weighted by molar-refractivity contribution is 5.83. The average molecular weight is 288 g/mol. The van der Waals surface area contributed by atoms with E-state index in [9.17, 15) is 18.0 Å². The number of allylic oxidation sites excluding steroid dienone is 1. The maximum Gasteiger partial charge on any atom is 0.413 e. The molecule has 0 atom stereocenters. The second-order valence-corrected chi connectivity index (χ2v) is 3.94. The van der Waals surface area contributed by atoms with Gasteiger partial charge >= 0.3 is 12.1 Å². The molecular formula is C14H15F3O3. The molecule has 0 fully saturated rings. The van der Waals surface area contributed by atoms with Gasteiger partial charge in [0.1, 0.15) is 5.75 Å². The third kappa shape index (κ3) is 4.95. The Hall–Kier alpha value is -1.98. The molecule has 0 aliphatic rings. The van der Waals surface area contributed by atoms with Crippen molar-refractivity contribution in [1.29, 1.82) is 0 Å². The second-order valence-electron chi connectivity index (χ2n) is 3.94. The summed E-state index contributed by atoms with van der Waals surface area (Å²) < 4.78 is 48.0. The van der Waals surface area contributed by atoms with E-state index in [0.717, 1.165) is 0 Å². The van der Waals surface area contributed by atoms with Crippen LogP contribution in [0.4, 0.5) is 13.2 Å². The second kappa shape index (κ2) is 6.98. The van der Waals surface area contributed by atoms with E-state index in [4.69, 9.17) is 4.74 Å². The molecule has 0 saturated heterocycles. The van der Waals surface area contributed by atoms with Crippen LogP contribution in [0.25, 0.3) is 0 Å². The smallest absolute Gasteiger partial charge is 0.413 e. The number of alkyl halides is 3.